The number of nitrogens with one attached hydrogen (secondary N) is 1. The van der Waals surface area contributed by atoms with E-state index in [9.17, 15) is 9.59 Å². The summed E-state index contributed by atoms with van der Waals surface area (Å²) in [5, 5.41) is 7.07. The number of carbonyl (C=O) groups excluding carboxylic acids is 2. The molecule has 0 bridgehead atoms. The van der Waals surface area contributed by atoms with Gasteiger partial charge in [-0.15, -0.1) is 0 Å². The molecule has 0 fully saturated rings. The molecule has 2 rings (SSSR count). The number of rotatable bonds is 6. The maximum absolute atomic E-state index is 11.9. The maximum atomic E-state index is 11.9. The Balaban J connectivity index is 2.13. The van der Waals surface area contributed by atoms with Crippen molar-refractivity contribution in [3.63, 3.8) is 0 Å². The highest BCUT2D eigenvalue weighted by molar-refractivity contribution is 5.95. The number of hydrogen-bond donors (Lipinski definition) is 2. The Morgan fingerprint density at radius 1 is 1.24 bits per heavy atom. The first-order valence-electron chi connectivity index (χ1n) is 8.15. The summed E-state index contributed by atoms with van der Waals surface area (Å²) >= 11 is 0. The number of aryl methyl sites for hydroxylation is 2. The van der Waals surface area contributed by atoms with Crippen LogP contribution in [0.5, 0.6) is 0 Å². The van der Waals surface area contributed by atoms with E-state index in [1.54, 1.807) is 13.0 Å². The Morgan fingerprint density at radius 3 is 2.48 bits per heavy atom. The summed E-state index contributed by atoms with van der Waals surface area (Å²) in [5.74, 6) is -0.934. The highest BCUT2D eigenvalue weighted by atomic mass is 16.2. The number of carbonyl (C=O) groups is 2. The van der Waals surface area contributed by atoms with Crippen LogP contribution in [0, 0.1) is 20.8 Å². The molecule has 6 heteroatoms. The third-order valence-corrected chi connectivity index (χ3v) is 4.08. The highest BCUT2D eigenvalue weighted by Gasteiger charge is 2.12. The summed E-state index contributed by atoms with van der Waals surface area (Å²) in [5.41, 5.74) is 10.2. The normalized spacial score (nSPS) is 12.3. The second kappa shape index (κ2) is 7.79. The van der Waals surface area contributed by atoms with Gasteiger partial charge in [-0.3, -0.25) is 14.3 Å². The number of nitrogens with zero attached hydrogens (tertiary/aromatic N) is 2. The molecule has 0 spiro atoms. The Labute approximate surface area is 147 Å². The van der Waals surface area contributed by atoms with E-state index >= 15 is 0 Å². The Kier molecular flexibility index (Phi) is 5.75. The fourth-order valence-corrected chi connectivity index (χ4v) is 2.46. The van der Waals surface area contributed by atoms with Crippen LogP contribution in [0.25, 0.3) is 6.08 Å². The van der Waals surface area contributed by atoms with Crippen molar-refractivity contribution in [1.82, 2.24) is 15.1 Å². The van der Waals surface area contributed by atoms with Gasteiger partial charge in [0.2, 0.25) is 11.8 Å². The number of benzene rings is 1. The number of primary amides is 1. The van der Waals surface area contributed by atoms with Crippen LogP contribution in [-0.4, -0.2) is 27.6 Å². The minimum Gasteiger partial charge on any atom is -0.368 e. The van der Waals surface area contributed by atoms with E-state index in [-0.39, 0.29) is 5.91 Å². The zero-order valence-electron chi connectivity index (χ0n) is 15.0. The van der Waals surface area contributed by atoms with E-state index in [0.717, 1.165) is 17.0 Å². The molecule has 0 aliphatic carbocycles. The van der Waals surface area contributed by atoms with Gasteiger partial charge in [0.15, 0.2) is 0 Å². The molecule has 2 aromatic rings. The summed E-state index contributed by atoms with van der Waals surface area (Å²) in [6.07, 6.45) is 3.11. The summed E-state index contributed by atoms with van der Waals surface area (Å²) in [4.78, 5) is 22.8. The average molecular weight is 340 g/mol. The van der Waals surface area contributed by atoms with Gasteiger partial charge in [0.05, 0.1) is 12.2 Å². The van der Waals surface area contributed by atoms with Crippen molar-refractivity contribution < 1.29 is 9.59 Å². The molecule has 0 saturated carbocycles. The van der Waals surface area contributed by atoms with Gasteiger partial charge in [-0.25, -0.2) is 0 Å². The molecule has 0 saturated heterocycles. The minimum absolute atomic E-state index is 0.364. The topological polar surface area (TPSA) is 90.0 Å². The number of hydrogen-bond acceptors (Lipinski definition) is 3. The standard InChI is InChI=1S/C19H24N4O2/c1-12-5-7-16(8-6-12)11-23-15(4)17(13(2)22-23)9-10-18(24)21-14(3)19(20)25/h5-10,14H,11H2,1-4H3,(H2,20,25)(H,21,24)/b10-9+. The number of aromatic nitrogens is 2. The van der Waals surface area contributed by atoms with Crippen molar-refractivity contribution in [3.05, 3.63) is 58.4 Å². The Bertz CT molecular complexity index is 804. The lowest BCUT2D eigenvalue weighted by Crippen LogP contribution is -2.41. The van der Waals surface area contributed by atoms with Crippen molar-refractivity contribution in [2.24, 2.45) is 5.73 Å². The van der Waals surface area contributed by atoms with Crippen LogP contribution in [-0.2, 0) is 16.1 Å². The van der Waals surface area contributed by atoms with Gasteiger partial charge in [0.1, 0.15) is 6.04 Å². The minimum atomic E-state index is -0.705. The van der Waals surface area contributed by atoms with Crippen molar-refractivity contribution in [1.29, 1.82) is 0 Å². The molecule has 25 heavy (non-hydrogen) atoms. The van der Waals surface area contributed by atoms with Crippen LogP contribution in [0.4, 0.5) is 0 Å². The van der Waals surface area contributed by atoms with Crippen molar-refractivity contribution >= 4 is 17.9 Å². The molecule has 1 aromatic heterocycles. The van der Waals surface area contributed by atoms with Crippen molar-refractivity contribution in [3.8, 4) is 0 Å². The Hall–Kier alpha value is -2.89. The van der Waals surface area contributed by atoms with Gasteiger partial charge in [-0.2, -0.15) is 5.10 Å². The molecule has 0 aliphatic rings. The summed E-state index contributed by atoms with van der Waals surface area (Å²) in [6, 6.07) is 7.61. The van der Waals surface area contributed by atoms with Gasteiger partial charge in [-0.05, 0) is 39.3 Å². The summed E-state index contributed by atoms with van der Waals surface area (Å²) in [6.45, 7) is 8.15. The first-order valence-corrected chi connectivity index (χ1v) is 8.15. The predicted molar refractivity (Wildman–Crippen MR) is 97.8 cm³/mol. The van der Waals surface area contributed by atoms with Crippen LogP contribution in [0.1, 0.15) is 35.0 Å². The van der Waals surface area contributed by atoms with Gasteiger partial charge in [0.25, 0.3) is 0 Å². The molecule has 1 heterocycles. The molecule has 3 N–H and O–H groups in total. The number of nitrogens with two attached hydrogens (primary N) is 1. The van der Waals surface area contributed by atoms with E-state index in [0.29, 0.717) is 6.54 Å². The van der Waals surface area contributed by atoms with Gasteiger partial charge < -0.3 is 11.1 Å². The van der Waals surface area contributed by atoms with E-state index in [1.807, 2.05) is 18.5 Å². The SMILES string of the molecule is Cc1ccc(Cn2nc(C)c(/C=C/C(=O)NC(C)C(N)=O)c2C)cc1. The molecule has 0 aliphatic heterocycles. The molecular weight excluding hydrogens is 316 g/mol. The highest BCUT2D eigenvalue weighted by Crippen LogP contribution is 2.16. The lowest BCUT2D eigenvalue weighted by Gasteiger charge is -2.07. The van der Waals surface area contributed by atoms with Crippen LogP contribution >= 0.6 is 0 Å². The fourth-order valence-electron chi connectivity index (χ4n) is 2.46. The average Bonchev–Trinajstić information content (AvgIpc) is 2.81. The first kappa shape index (κ1) is 18.4. The monoisotopic (exact) mass is 340 g/mol. The first-order chi connectivity index (χ1) is 11.8. The molecular formula is C19H24N4O2. The van der Waals surface area contributed by atoms with Crippen molar-refractivity contribution in [2.45, 2.75) is 40.3 Å². The van der Waals surface area contributed by atoms with Crippen LogP contribution < -0.4 is 11.1 Å². The summed E-state index contributed by atoms with van der Waals surface area (Å²) in [7, 11) is 0. The van der Waals surface area contributed by atoms with E-state index in [4.69, 9.17) is 5.73 Å². The fraction of sp³-hybridized carbons (Fsp3) is 0.316. The zero-order chi connectivity index (χ0) is 18.6. The molecule has 1 unspecified atom stereocenters. The van der Waals surface area contributed by atoms with E-state index in [2.05, 4.69) is 41.6 Å². The smallest absolute Gasteiger partial charge is 0.244 e. The Morgan fingerprint density at radius 2 is 1.88 bits per heavy atom. The van der Waals surface area contributed by atoms with E-state index in [1.165, 1.54) is 17.2 Å². The molecule has 1 aromatic carbocycles. The zero-order valence-corrected chi connectivity index (χ0v) is 15.0. The van der Waals surface area contributed by atoms with E-state index < -0.39 is 11.9 Å². The predicted octanol–water partition coefficient (Wildman–Crippen LogP) is 1.86. The van der Waals surface area contributed by atoms with Gasteiger partial charge in [0, 0.05) is 17.3 Å². The number of amides is 2. The quantitative estimate of drug-likeness (QED) is 0.787. The molecule has 1 atom stereocenters. The third kappa shape index (κ3) is 4.79. The molecule has 6 nitrogen and oxygen atoms in total. The van der Waals surface area contributed by atoms with Crippen LogP contribution in [0.3, 0.4) is 0 Å². The maximum Gasteiger partial charge on any atom is 0.244 e. The second-order valence-electron chi connectivity index (χ2n) is 6.19. The van der Waals surface area contributed by atoms with Gasteiger partial charge >= 0.3 is 0 Å². The lowest BCUT2D eigenvalue weighted by molar-refractivity contribution is -0.124. The van der Waals surface area contributed by atoms with Crippen LogP contribution in [0.2, 0.25) is 0 Å². The lowest BCUT2D eigenvalue weighted by atomic mass is 10.1. The molecule has 2 amide bonds. The van der Waals surface area contributed by atoms with Gasteiger partial charge in [-0.1, -0.05) is 29.8 Å². The summed E-state index contributed by atoms with van der Waals surface area (Å²) < 4.78 is 1.92. The largest absolute Gasteiger partial charge is 0.368 e. The molecule has 132 valence electrons. The second-order valence-corrected chi connectivity index (χ2v) is 6.19. The van der Waals surface area contributed by atoms with Crippen molar-refractivity contribution in [2.75, 3.05) is 0 Å². The molecule has 0 radical (unpaired) electrons. The third-order valence-electron chi connectivity index (χ3n) is 4.08. The van der Waals surface area contributed by atoms with Crippen LogP contribution in [0.15, 0.2) is 30.3 Å².